The van der Waals surface area contributed by atoms with Crippen LogP contribution < -0.4 is 14.2 Å². The number of ketones is 1. The van der Waals surface area contributed by atoms with Gasteiger partial charge in [0.05, 0.1) is 14.2 Å². The number of carboxylic acids is 1. The number of aliphatic carboxylic acids is 1. The molecule has 1 unspecified atom stereocenters. The smallest absolute Gasteiger partial charge is 0.345 e. The predicted octanol–water partition coefficient (Wildman–Crippen LogP) is 4.40. The zero-order valence-corrected chi connectivity index (χ0v) is 17.5. The summed E-state index contributed by atoms with van der Waals surface area (Å²) in [6, 6.07) is 12.2. The van der Waals surface area contributed by atoms with Gasteiger partial charge in [-0.2, -0.15) is 0 Å². The highest BCUT2D eigenvalue weighted by atomic mass is 16.5. The SMILES string of the molecule is COc1ccc(CCC(=O)c2cccc(OC(C(=O)O)C(C)(C)C)c2)cc1OC. The van der Waals surface area contributed by atoms with Gasteiger partial charge in [-0.1, -0.05) is 39.0 Å². The fourth-order valence-corrected chi connectivity index (χ4v) is 2.91. The maximum absolute atomic E-state index is 12.6. The van der Waals surface area contributed by atoms with Crippen molar-refractivity contribution < 1.29 is 28.9 Å². The fourth-order valence-electron chi connectivity index (χ4n) is 2.91. The van der Waals surface area contributed by atoms with Crippen molar-refractivity contribution in [3.8, 4) is 17.2 Å². The van der Waals surface area contributed by atoms with E-state index in [0.29, 0.717) is 35.7 Å². The Morgan fingerprint density at radius 3 is 2.28 bits per heavy atom. The number of rotatable bonds is 9. The topological polar surface area (TPSA) is 82.1 Å². The molecule has 6 nitrogen and oxygen atoms in total. The fraction of sp³-hybridized carbons (Fsp3) is 0.391. The molecule has 0 aromatic heterocycles. The van der Waals surface area contributed by atoms with Gasteiger partial charge in [0, 0.05) is 17.4 Å². The second-order valence-electron chi connectivity index (χ2n) is 7.84. The number of methoxy groups -OCH3 is 2. The molecule has 0 spiro atoms. The van der Waals surface area contributed by atoms with E-state index >= 15 is 0 Å². The lowest BCUT2D eigenvalue weighted by atomic mass is 9.89. The van der Waals surface area contributed by atoms with Gasteiger partial charge in [0.2, 0.25) is 0 Å². The highest BCUT2D eigenvalue weighted by Crippen LogP contribution is 2.29. The maximum Gasteiger partial charge on any atom is 0.345 e. The second-order valence-corrected chi connectivity index (χ2v) is 7.84. The summed E-state index contributed by atoms with van der Waals surface area (Å²) >= 11 is 0. The average Bonchev–Trinajstić information content (AvgIpc) is 2.69. The van der Waals surface area contributed by atoms with Gasteiger partial charge in [-0.3, -0.25) is 4.79 Å². The normalized spacial score (nSPS) is 12.2. The van der Waals surface area contributed by atoms with Gasteiger partial charge in [-0.15, -0.1) is 0 Å². The molecule has 0 aliphatic heterocycles. The lowest BCUT2D eigenvalue weighted by Crippen LogP contribution is -2.39. The lowest BCUT2D eigenvalue weighted by Gasteiger charge is -2.27. The number of hydrogen-bond acceptors (Lipinski definition) is 5. The number of benzene rings is 2. The van der Waals surface area contributed by atoms with Crippen LogP contribution in [0.1, 0.15) is 43.1 Å². The summed E-state index contributed by atoms with van der Waals surface area (Å²) in [7, 11) is 3.14. The predicted molar refractivity (Wildman–Crippen MR) is 110 cm³/mol. The molecule has 0 aliphatic carbocycles. The number of carboxylic acid groups (broad SMARTS) is 1. The van der Waals surface area contributed by atoms with Crippen LogP contribution in [-0.2, 0) is 11.2 Å². The van der Waals surface area contributed by atoms with Gasteiger partial charge < -0.3 is 19.3 Å². The molecule has 2 aromatic carbocycles. The van der Waals surface area contributed by atoms with Crippen LogP contribution in [0.15, 0.2) is 42.5 Å². The quantitative estimate of drug-likeness (QED) is 0.629. The molecule has 6 heteroatoms. The zero-order valence-electron chi connectivity index (χ0n) is 17.5. The van der Waals surface area contributed by atoms with Crippen LogP contribution in [-0.4, -0.2) is 37.2 Å². The zero-order chi connectivity index (χ0) is 21.6. The van der Waals surface area contributed by atoms with Crippen LogP contribution in [0, 0.1) is 5.41 Å². The van der Waals surface area contributed by atoms with Crippen LogP contribution in [0.25, 0.3) is 0 Å². The minimum atomic E-state index is -1.04. The van der Waals surface area contributed by atoms with Crippen molar-refractivity contribution in [2.45, 2.75) is 39.7 Å². The summed E-state index contributed by atoms with van der Waals surface area (Å²) < 4.78 is 16.2. The number of hydrogen-bond donors (Lipinski definition) is 1. The van der Waals surface area contributed by atoms with Crippen molar-refractivity contribution >= 4 is 11.8 Å². The number of carbonyl (C=O) groups is 2. The van der Waals surface area contributed by atoms with Crippen LogP contribution in [0.4, 0.5) is 0 Å². The summed E-state index contributed by atoms with van der Waals surface area (Å²) in [5.74, 6) is 0.536. The first kappa shape index (κ1) is 22.3. The van der Waals surface area contributed by atoms with Crippen molar-refractivity contribution in [1.82, 2.24) is 0 Å². The van der Waals surface area contributed by atoms with Crippen molar-refractivity contribution in [3.05, 3.63) is 53.6 Å². The van der Waals surface area contributed by atoms with Gasteiger partial charge in [-0.05, 0) is 36.2 Å². The molecule has 29 heavy (non-hydrogen) atoms. The number of aryl methyl sites for hydroxylation is 1. The molecule has 0 aliphatic rings. The van der Waals surface area contributed by atoms with Gasteiger partial charge in [0.25, 0.3) is 0 Å². The van der Waals surface area contributed by atoms with Crippen molar-refractivity contribution in [2.24, 2.45) is 5.41 Å². The van der Waals surface area contributed by atoms with E-state index in [-0.39, 0.29) is 5.78 Å². The molecule has 0 saturated carbocycles. The third-order valence-electron chi connectivity index (χ3n) is 4.51. The molecule has 2 aromatic rings. The molecule has 0 bridgehead atoms. The van der Waals surface area contributed by atoms with Crippen LogP contribution >= 0.6 is 0 Å². The number of ether oxygens (including phenoxy) is 3. The second kappa shape index (κ2) is 9.45. The first-order chi connectivity index (χ1) is 13.7. The van der Waals surface area contributed by atoms with Crippen molar-refractivity contribution in [2.75, 3.05) is 14.2 Å². The Labute approximate surface area is 171 Å². The molecule has 0 radical (unpaired) electrons. The molecule has 1 N–H and O–H groups in total. The number of Topliss-reactive ketones (excluding diaryl/α,β-unsaturated/α-hetero) is 1. The summed E-state index contributed by atoms with van der Waals surface area (Å²) in [5.41, 5.74) is 0.863. The van der Waals surface area contributed by atoms with Gasteiger partial charge >= 0.3 is 5.97 Å². The van der Waals surface area contributed by atoms with E-state index < -0.39 is 17.5 Å². The molecule has 1 atom stereocenters. The highest BCUT2D eigenvalue weighted by molar-refractivity contribution is 5.96. The summed E-state index contributed by atoms with van der Waals surface area (Å²) in [6.07, 6.45) is -0.162. The molecule has 0 saturated heterocycles. The van der Waals surface area contributed by atoms with Gasteiger partial charge in [-0.25, -0.2) is 4.79 Å². The Morgan fingerprint density at radius 1 is 1.00 bits per heavy atom. The molecule has 0 amide bonds. The molecule has 0 heterocycles. The number of carbonyl (C=O) groups excluding carboxylic acids is 1. The van der Waals surface area contributed by atoms with Crippen LogP contribution in [0.5, 0.6) is 17.2 Å². The lowest BCUT2D eigenvalue weighted by molar-refractivity contribution is -0.150. The Bertz CT molecular complexity index is 866. The Kier molecular flexibility index (Phi) is 7.26. The largest absolute Gasteiger partial charge is 0.493 e. The van der Waals surface area contributed by atoms with E-state index in [1.54, 1.807) is 59.3 Å². The molecule has 156 valence electrons. The third-order valence-corrected chi connectivity index (χ3v) is 4.51. The Morgan fingerprint density at radius 2 is 1.69 bits per heavy atom. The molecule has 0 fully saturated rings. The Balaban J connectivity index is 2.08. The minimum Gasteiger partial charge on any atom is -0.493 e. The minimum absolute atomic E-state index is 0.0483. The summed E-state index contributed by atoms with van der Waals surface area (Å²) in [4.78, 5) is 24.2. The molecular weight excluding hydrogens is 372 g/mol. The maximum atomic E-state index is 12.6. The first-order valence-corrected chi connectivity index (χ1v) is 9.39. The van der Waals surface area contributed by atoms with Gasteiger partial charge in [0.1, 0.15) is 5.75 Å². The van der Waals surface area contributed by atoms with Crippen molar-refractivity contribution in [1.29, 1.82) is 0 Å². The standard InChI is InChI=1S/C23H28O6/c1-23(2,3)21(22(25)26)29-17-8-6-7-16(14-17)18(24)11-9-15-10-12-19(27-4)20(13-15)28-5/h6-8,10,12-14,21H,9,11H2,1-5H3,(H,25,26). The Hall–Kier alpha value is -3.02. The molecule has 2 rings (SSSR count). The third kappa shape index (κ3) is 5.98. The van der Waals surface area contributed by atoms with Crippen molar-refractivity contribution in [3.63, 3.8) is 0 Å². The highest BCUT2D eigenvalue weighted by Gasteiger charge is 2.33. The van der Waals surface area contributed by atoms with E-state index in [4.69, 9.17) is 14.2 Å². The van der Waals surface area contributed by atoms with E-state index in [9.17, 15) is 14.7 Å². The summed E-state index contributed by atoms with van der Waals surface area (Å²) in [6.45, 7) is 5.39. The summed E-state index contributed by atoms with van der Waals surface area (Å²) in [5, 5.41) is 9.43. The van der Waals surface area contributed by atoms with E-state index in [1.165, 1.54) is 0 Å². The van der Waals surface area contributed by atoms with E-state index in [2.05, 4.69) is 0 Å². The van der Waals surface area contributed by atoms with E-state index in [1.807, 2.05) is 18.2 Å². The van der Waals surface area contributed by atoms with Crippen LogP contribution in [0.2, 0.25) is 0 Å². The average molecular weight is 400 g/mol. The van der Waals surface area contributed by atoms with Gasteiger partial charge in [0.15, 0.2) is 23.4 Å². The first-order valence-electron chi connectivity index (χ1n) is 9.39. The van der Waals surface area contributed by atoms with Crippen LogP contribution in [0.3, 0.4) is 0 Å². The van der Waals surface area contributed by atoms with E-state index in [0.717, 1.165) is 5.56 Å². The monoisotopic (exact) mass is 400 g/mol. The molecular formula is C23H28O6.